The highest BCUT2D eigenvalue weighted by Crippen LogP contribution is 2.15. The normalized spacial score (nSPS) is 12.8. The van der Waals surface area contributed by atoms with Crippen LogP contribution in [-0.4, -0.2) is 23.7 Å². The molecule has 0 saturated carbocycles. The zero-order chi connectivity index (χ0) is 10.4. The summed E-state index contributed by atoms with van der Waals surface area (Å²) in [6.07, 6.45) is 4.34. The summed E-state index contributed by atoms with van der Waals surface area (Å²) in [5, 5.41) is 0. The summed E-state index contributed by atoms with van der Waals surface area (Å²) in [7, 11) is 1.68. The van der Waals surface area contributed by atoms with E-state index in [2.05, 4.69) is 9.97 Å². The van der Waals surface area contributed by atoms with Gasteiger partial charge in [0.25, 0.3) is 0 Å². The summed E-state index contributed by atoms with van der Waals surface area (Å²) in [5.74, 6) is 0.561. The van der Waals surface area contributed by atoms with Gasteiger partial charge in [-0.1, -0.05) is 6.92 Å². The molecule has 0 aliphatic heterocycles. The minimum absolute atomic E-state index is 0.255. The molecule has 1 atom stereocenters. The van der Waals surface area contributed by atoms with Crippen LogP contribution in [0.5, 0.6) is 0 Å². The van der Waals surface area contributed by atoms with Gasteiger partial charge in [0.2, 0.25) is 0 Å². The first-order valence-corrected chi connectivity index (χ1v) is 4.70. The van der Waals surface area contributed by atoms with Crippen molar-refractivity contribution in [1.82, 2.24) is 9.97 Å². The average molecular weight is 198 g/mol. The molecule has 0 radical (unpaired) electrons. The summed E-state index contributed by atoms with van der Waals surface area (Å²) < 4.78 is 17.5. The molecule has 0 aliphatic rings. The molecule has 1 aromatic heterocycles. The van der Waals surface area contributed by atoms with E-state index in [-0.39, 0.29) is 5.92 Å². The highest BCUT2D eigenvalue weighted by atomic mass is 19.1. The Morgan fingerprint density at radius 1 is 1.43 bits per heavy atom. The van der Waals surface area contributed by atoms with Crippen molar-refractivity contribution in [3.8, 4) is 0 Å². The van der Waals surface area contributed by atoms with Gasteiger partial charge in [0.15, 0.2) is 5.82 Å². The smallest absolute Gasteiger partial charge is 0.159 e. The first-order chi connectivity index (χ1) is 6.74. The molecule has 0 aromatic carbocycles. The van der Waals surface area contributed by atoms with Gasteiger partial charge in [-0.25, -0.2) is 14.4 Å². The third-order valence-electron chi connectivity index (χ3n) is 2.07. The minimum atomic E-state index is -0.391. The van der Waals surface area contributed by atoms with Gasteiger partial charge < -0.3 is 4.74 Å². The number of methoxy groups -OCH3 is 1. The van der Waals surface area contributed by atoms with Crippen molar-refractivity contribution in [1.29, 1.82) is 0 Å². The molecule has 0 aliphatic carbocycles. The second kappa shape index (κ2) is 5.65. The Balaban J connectivity index is 2.43. The van der Waals surface area contributed by atoms with E-state index in [0.29, 0.717) is 5.82 Å². The summed E-state index contributed by atoms with van der Waals surface area (Å²) in [6.45, 7) is 2.77. The van der Waals surface area contributed by atoms with Crippen molar-refractivity contribution in [2.45, 2.75) is 25.7 Å². The number of aromatic nitrogens is 2. The Kier molecular flexibility index (Phi) is 4.46. The number of ether oxygens (including phenoxy) is 1. The van der Waals surface area contributed by atoms with Crippen LogP contribution in [-0.2, 0) is 4.74 Å². The third kappa shape index (κ3) is 3.38. The SMILES string of the molecule is COCCCC(C)c1ncc(F)cn1. The minimum Gasteiger partial charge on any atom is -0.385 e. The Morgan fingerprint density at radius 3 is 2.64 bits per heavy atom. The van der Waals surface area contributed by atoms with E-state index in [0.717, 1.165) is 19.4 Å². The molecule has 3 nitrogen and oxygen atoms in total. The summed E-state index contributed by atoms with van der Waals surface area (Å²) in [4.78, 5) is 7.86. The highest BCUT2D eigenvalue weighted by Gasteiger charge is 2.07. The fourth-order valence-electron chi connectivity index (χ4n) is 1.24. The first kappa shape index (κ1) is 11.0. The van der Waals surface area contributed by atoms with Gasteiger partial charge in [0.05, 0.1) is 12.4 Å². The third-order valence-corrected chi connectivity index (χ3v) is 2.07. The van der Waals surface area contributed by atoms with Crippen LogP contribution in [0.3, 0.4) is 0 Å². The molecule has 4 heteroatoms. The fraction of sp³-hybridized carbons (Fsp3) is 0.600. The lowest BCUT2D eigenvalue weighted by Gasteiger charge is -2.08. The van der Waals surface area contributed by atoms with Crippen LogP contribution in [0, 0.1) is 5.82 Å². The van der Waals surface area contributed by atoms with E-state index >= 15 is 0 Å². The molecule has 14 heavy (non-hydrogen) atoms. The van der Waals surface area contributed by atoms with Crippen molar-refractivity contribution >= 4 is 0 Å². The Hall–Kier alpha value is -1.03. The molecule has 0 bridgehead atoms. The molecule has 0 N–H and O–H groups in total. The van der Waals surface area contributed by atoms with E-state index in [1.54, 1.807) is 7.11 Å². The number of nitrogens with zero attached hydrogens (tertiary/aromatic N) is 2. The van der Waals surface area contributed by atoms with Crippen molar-refractivity contribution in [2.75, 3.05) is 13.7 Å². The van der Waals surface area contributed by atoms with Gasteiger partial charge in [-0.05, 0) is 12.8 Å². The van der Waals surface area contributed by atoms with Crippen LogP contribution in [0.25, 0.3) is 0 Å². The van der Waals surface area contributed by atoms with E-state index in [4.69, 9.17) is 4.74 Å². The molecule has 1 aromatic rings. The quantitative estimate of drug-likeness (QED) is 0.680. The number of hydrogen-bond donors (Lipinski definition) is 0. The molecule has 0 saturated heterocycles. The van der Waals surface area contributed by atoms with Gasteiger partial charge in [0, 0.05) is 19.6 Å². The van der Waals surface area contributed by atoms with Crippen LogP contribution in [0.15, 0.2) is 12.4 Å². The first-order valence-electron chi connectivity index (χ1n) is 4.70. The van der Waals surface area contributed by atoms with Crippen molar-refractivity contribution in [3.05, 3.63) is 24.0 Å². The lowest BCUT2D eigenvalue weighted by Crippen LogP contribution is -2.02. The molecule has 1 rings (SSSR count). The van der Waals surface area contributed by atoms with E-state index in [1.807, 2.05) is 6.92 Å². The van der Waals surface area contributed by atoms with Gasteiger partial charge in [0.1, 0.15) is 5.82 Å². The van der Waals surface area contributed by atoms with Gasteiger partial charge >= 0.3 is 0 Å². The maximum atomic E-state index is 12.5. The number of rotatable bonds is 5. The molecule has 1 heterocycles. The van der Waals surface area contributed by atoms with E-state index < -0.39 is 5.82 Å². The monoisotopic (exact) mass is 198 g/mol. The van der Waals surface area contributed by atoms with Crippen LogP contribution in [0.1, 0.15) is 31.5 Å². The maximum absolute atomic E-state index is 12.5. The van der Waals surface area contributed by atoms with Gasteiger partial charge in [-0.15, -0.1) is 0 Å². The number of hydrogen-bond acceptors (Lipinski definition) is 3. The molecular formula is C10H15FN2O. The molecule has 0 spiro atoms. The summed E-state index contributed by atoms with van der Waals surface area (Å²) in [5.41, 5.74) is 0. The van der Waals surface area contributed by atoms with Crippen LogP contribution in [0.2, 0.25) is 0 Å². The number of halogens is 1. The van der Waals surface area contributed by atoms with Crippen LogP contribution in [0.4, 0.5) is 4.39 Å². The van der Waals surface area contributed by atoms with Gasteiger partial charge in [-0.3, -0.25) is 0 Å². The average Bonchev–Trinajstić information content (AvgIpc) is 2.19. The topological polar surface area (TPSA) is 35.0 Å². The standard InChI is InChI=1S/C10H15FN2O/c1-8(4-3-5-14-2)10-12-6-9(11)7-13-10/h6-8H,3-5H2,1-2H3. The largest absolute Gasteiger partial charge is 0.385 e. The van der Waals surface area contributed by atoms with Crippen molar-refractivity contribution in [2.24, 2.45) is 0 Å². The van der Waals surface area contributed by atoms with Crippen LogP contribution >= 0.6 is 0 Å². The highest BCUT2D eigenvalue weighted by molar-refractivity contribution is 4.96. The Bertz CT molecular complexity index is 263. The Morgan fingerprint density at radius 2 is 2.07 bits per heavy atom. The molecular weight excluding hydrogens is 183 g/mol. The molecule has 0 fully saturated rings. The second-order valence-electron chi connectivity index (χ2n) is 3.30. The maximum Gasteiger partial charge on any atom is 0.159 e. The second-order valence-corrected chi connectivity index (χ2v) is 3.30. The molecule has 0 amide bonds. The van der Waals surface area contributed by atoms with E-state index in [1.165, 1.54) is 12.4 Å². The summed E-state index contributed by atoms with van der Waals surface area (Å²) in [6, 6.07) is 0. The van der Waals surface area contributed by atoms with Crippen LogP contribution < -0.4 is 0 Å². The fourth-order valence-corrected chi connectivity index (χ4v) is 1.24. The van der Waals surface area contributed by atoms with Crippen molar-refractivity contribution in [3.63, 3.8) is 0 Å². The molecule has 78 valence electrons. The zero-order valence-corrected chi connectivity index (χ0v) is 8.53. The summed E-state index contributed by atoms with van der Waals surface area (Å²) >= 11 is 0. The predicted octanol–water partition coefficient (Wildman–Crippen LogP) is 2.15. The van der Waals surface area contributed by atoms with E-state index in [9.17, 15) is 4.39 Å². The Labute approximate surface area is 83.3 Å². The lowest BCUT2D eigenvalue weighted by atomic mass is 10.1. The zero-order valence-electron chi connectivity index (χ0n) is 8.53. The van der Waals surface area contributed by atoms with Gasteiger partial charge in [-0.2, -0.15) is 0 Å². The molecule has 1 unspecified atom stereocenters. The van der Waals surface area contributed by atoms with Crippen molar-refractivity contribution < 1.29 is 9.13 Å². The lowest BCUT2D eigenvalue weighted by molar-refractivity contribution is 0.190. The predicted molar refractivity (Wildman–Crippen MR) is 51.5 cm³/mol.